The van der Waals surface area contributed by atoms with Crippen molar-refractivity contribution in [3.8, 4) is 0 Å². The fourth-order valence-corrected chi connectivity index (χ4v) is 1.75. The molecular weight excluding hydrogens is 257 g/mol. The Bertz CT molecular complexity index is 444. The van der Waals surface area contributed by atoms with Crippen molar-refractivity contribution in [1.29, 1.82) is 0 Å². The molecule has 0 bridgehead atoms. The molecule has 82 valence electrons. The summed E-state index contributed by atoms with van der Waals surface area (Å²) in [5.74, 6) is 0. The van der Waals surface area contributed by atoms with Gasteiger partial charge in [0.15, 0.2) is 6.08 Å². The van der Waals surface area contributed by atoms with Gasteiger partial charge in [0.2, 0.25) is 0 Å². The molecule has 0 amide bonds. The Morgan fingerprint density at radius 2 is 1.94 bits per heavy atom. The Morgan fingerprint density at radius 3 is 2.44 bits per heavy atom. The summed E-state index contributed by atoms with van der Waals surface area (Å²) in [6, 6.07) is 7.49. The molecule has 1 aromatic carbocycles. The molecule has 0 atom stereocenters. The number of hydrogen-bond acceptors (Lipinski definition) is 4. The molecule has 0 unspecified atom stereocenters. The summed E-state index contributed by atoms with van der Waals surface area (Å²) in [4.78, 5) is -0.0296. The smallest absolute Gasteiger partial charge is 0.600 e. The summed E-state index contributed by atoms with van der Waals surface area (Å²) in [6.07, 6.45) is -1.10. The van der Waals surface area contributed by atoms with Gasteiger partial charge in [0.05, 0.1) is 4.90 Å². The molecule has 0 saturated heterocycles. The van der Waals surface area contributed by atoms with Crippen molar-refractivity contribution >= 4 is 16.1 Å². The molecule has 0 aromatic heterocycles. The fraction of sp³-hybridized carbons (Fsp3) is 0.222. The first-order valence-corrected chi connectivity index (χ1v) is 5.70. The number of ether oxygens (including phenoxy) is 1. The average molecular weight is 267 g/mol. The molecule has 0 heterocycles. The molecule has 0 N–H and O–H groups in total. The zero-order chi connectivity index (χ0) is 11.3. The summed E-state index contributed by atoms with van der Waals surface area (Å²) < 4.78 is 30.3. The Balaban J connectivity index is 0.00000225. The zero-order valence-corrected chi connectivity index (χ0v) is 13.0. The molecule has 0 saturated carbocycles. The van der Waals surface area contributed by atoms with Crippen molar-refractivity contribution in [2.24, 2.45) is 4.40 Å². The molecule has 0 fully saturated rings. The minimum atomic E-state index is -3.93. The maximum atomic E-state index is 11.4. The third-order valence-corrected chi connectivity index (χ3v) is 2.76. The molecule has 7 heteroatoms. The van der Waals surface area contributed by atoms with Crippen molar-refractivity contribution in [1.82, 2.24) is 0 Å². The van der Waals surface area contributed by atoms with Crippen molar-refractivity contribution < 1.29 is 69.6 Å². The van der Waals surface area contributed by atoms with E-state index < -0.39 is 16.1 Å². The van der Waals surface area contributed by atoms with E-state index >= 15 is 0 Å². The van der Waals surface area contributed by atoms with Crippen LogP contribution in [0.15, 0.2) is 39.6 Å². The summed E-state index contributed by atoms with van der Waals surface area (Å²) in [7, 11) is -3.93. The van der Waals surface area contributed by atoms with E-state index in [9.17, 15) is 13.5 Å². The first-order valence-electron chi connectivity index (χ1n) is 4.26. The molecule has 0 aliphatic heterocycles. The van der Waals surface area contributed by atoms with E-state index in [0.29, 0.717) is 0 Å². The number of hydrogen-bond donors (Lipinski definition) is 0. The fourth-order valence-electron chi connectivity index (χ4n) is 0.893. The van der Waals surface area contributed by atoms with Gasteiger partial charge < -0.3 is 9.84 Å². The number of benzene rings is 1. The van der Waals surface area contributed by atoms with Gasteiger partial charge in [-0.3, -0.25) is 0 Å². The first-order chi connectivity index (χ1) is 7.06. The quantitative estimate of drug-likeness (QED) is 0.335. The predicted molar refractivity (Wildman–Crippen MR) is 52.7 cm³/mol. The zero-order valence-electron chi connectivity index (χ0n) is 9.08. The summed E-state index contributed by atoms with van der Waals surface area (Å²) >= 11 is 0. The topological polar surface area (TPSA) is 78.8 Å². The Kier molecular flexibility index (Phi) is 7.45. The van der Waals surface area contributed by atoms with Gasteiger partial charge in [0, 0.05) is 0 Å². The van der Waals surface area contributed by atoms with Crippen LogP contribution in [0.25, 0.3) is 0 Å². The summed E-state index contributed by atoms with van der Waals surface area (Å²) in [5, 5.41) is 10.9. The van der Waals surface area contributed by atoms with Crippen LogP contribution in [-0.4, -0.2) is 21.1 Å². The molecule has 1 rings (SSSR count). The van der Waals surface area contributed by atoms with Crippen LogP contribution < -0.4 is 56.5 Å². The van der Waals surface area contributed by atoms with Gasteiger partial charge in [0.25, 0.3) is 10.0 Å². The molecule has 0 radical (unpaired) electrons. The second-order valence-corrected chi connectivity index (χ2v) is 4.18. The summed E-state index contributed by atoms with van der Waals surface area (Å²) in [5.41, 5.74) is 0. The Morgan fingerprint density at radius 1 is 1.38 bits per heavy atom. The van der Waals surface area contributed by atoms with Crippen LogP contribution in [0.1, 0.15) is 6.92 Å². The minimum Gasteiger partial charge on any atom is -0.600 e. The number of nitrogens with zero attached hydrogens (tertiary/aromatic N) is 1. The maximum Gasteiger partial charge on any atom is 1.00 e. The number of sulfonamides is 1. The van der Waals surface area contributed by atoms with E-state index in [0.717, 1.165) is 0 Å². The molecule has 0 aliphatic rings. The van der Waals surface area contributed by atoms with E-state index in [1.807, 2.05) is 0 Å². The Labute approximate surface area is 137 Å². The van der Waals surface area contributed by atoms with Crippen LogP contribution in [0, 0.1) is 0 Å². The van der Waals surface area contributed by atoms with E-state index in [2.05, 4.69) is 9.13 Å². The number of rotatable bonds is 3. The third-order valence-electron chi connectivity index (χ3n) is 1.50. The van der Waals surface area contributed by atoms with Crippen LogP contribution in [0.3, 0.4) is 0 Å². The van der Waals surface area contributed by atoms with Crippen molar-refractivity contribution in [2.75, 3.05) is 6.61 Å². The first kappa shape index (κ1) is 16.1. The normalized spacial score (nSPS) is 11.7. The van der Waals surface area contributed by atoms with Crippen LogP contribution in [0.2, 0.25) is 0 Å². The van der Waals surface area contributed by atoms with Gasteiger partial charge in [-0.25, -0.2) is 0 Å². The van der Waals surface area contributed by atoms with Crippen molar-refractivity contribution in [3.05, 3.63) is 30.3 Å². The van der Waals surface area contributed by atoms with Gasteiger partial charge >= 0.3 is 51.4 Å². The molecule has 16 heavy (non-hydrogen) atoms. The van der Waals surface area contributed by atoms with E-state index in [1.165, 1.54) is 12.1 Å². The van der Waals surface area contributed by atoms with Crippen LogP contribution in [-0.2, 0) is 14.8 Å². The van der Waals surface area contributed by atoms with Gasteiger partial charge in [-0.15, -0.1) is 4.40 Å². The predicted octanol–water partition coefficient (Wildman–Crippen LogP) is -2.87. The largest absolute Gasteiger partial charge is 1.00 e. The van der Waals surface area contributed by atoms with Crippen LogP contribution in [0.5, 0.6) is 0 Å². The maximum absolute atomic E-state index is 11.4. The van der Waals surface area contributed by atoms with E-state index in [4.69, 9.17) is 0 Å². The second kappa shape index (κ2) is 7.41. The molecule has 0 aliphatic carbocycles. The van der Waals surface area contributed by atoms with Gasteiger partial charge in [0.1, 0.15) is 0 Å². The third kappa shape index (κ3) is 4.94. The van der Waals surface area contributed by atoms with Crippen LogP contribution >= 0.6 is 0 Å². The van der Waals surface area contributed by atoms with Crippen molar-refractivity contribution in [2.45, 2.75) is 11.8 Å². The van der Waals surface area contributed by atoms with E-state index in [-0.39, 0.29) is 62.9 Å². The molecule has 5 nitrogen and oxygen atoms in total. The molecular formula is C9H10KNO4S. The van der Waals surface area contributed by atoms with Gasteiger partial charge in [-0.05, 0) is 18.7 Å². The SMILES string of the molecule is CCO/C([O-])=N/S(=O)(=O)c1ccccc1.[K+]. The molecule has 0 spiro atoms. The average Bonchev–Trinajstić information content (AvgIpc) is 2.18. The minimum absolute atomic E-state index is 0. The Hall–Kier alpha value is 0.0764. The monoisotopic (exact) mass is 267 g/mol. The van der Waals surface area contributed by atoms with Gasteiger partial charge in [-0.2, -0.15) is 8.42 Å². The van der Waals surface area contributed by atoms with Crippen LogP contribution in [0.4, 0.5) is 0 Å². The van der Waals surface area contributed by atoms with Gasteiger partial charge in [-0.1, -0.05) is 25.1 Å². The standard InChI is InChI=1S/C9H11NO4S.K/c1-2-14-9(11)10-15(12,13)8-6-4-3-5-7-8;/h3-7H,2H2,1H3,(H,10,11);/q;+1/p-1. The van der Waals surface area contributed by atoms with Crippen molar-refractivity contribution in [3.63, 3.8) is 0 Å². The second-order valence-electron chi connectivity index (χ2n) is 2.58. The molecule has 1 aromatic rings. The summed E-state index contributed by atoms with van der Waals surface area (Å²) in [6.45, 7) is 1.66. The van der Waals surface area contributed by atoms with E-state index in [1.54, 1.807) is 25.1 Å².